The smallest absolute Gasteiger partial charge is 0.306 e. The van der Waals surface area contributed by atoms with E-state index in [4.69, 9.17) is 10.8 Å². The zero-order chi connectivity index (χ0) is 24.7. The number of nitrogens with two attached hydrogens (primary N) is 1. The number of carbonyl (C=O) groups is 1. The molecule has 2 atom stereocenters. The summed E-state index contributed by atoms with van der Waals surface area (Å²) >= 11 is 0. The Balaban J connectivity index is 0.000000192. The quantitative estimate of drug-likeness (QED) is 0.446. The van der Waals surface area contributed by atoms with E-state index in [0.29, 0.717) is 22.7 Å². The fraction of sp³-hybridized carbons (Fsp3) is 0.385. The Morgan fingerprint density at radius 3 is 2.60 bits per heavy atom. The molecule has 1 aliphatic heterocycles. The number of hydrogen-bond donors (Lipinski definition) is 4. The van der Waals surface area contributed by atoms with Crippen LogP contribution in [0.3, 0.4) is 0 Å². The number of aryl methyl sites for hydroxylation is 1. The Labute approximate surface area is 201 Å². The number of hydrogen-bond acceptors (Lipinski definition) is 4. The lowest BCUT2D eigenvalue weighted by Crippen LogP contribution is -2.35. The van der Waals surface area contributed by atoms with Crippen LogP contribution < -0.4 is 11.1 Å². The van der Waals surface area contributed by atoms with E-state index < -0.39 is 23.8 Å². The van der Waals surface area contributed by atoms with Gasteiger partial charge in [-0.05, 0) is 49.3 Å². The number of rotatable bonds is 3. The van der Waals surface area contributed by atoms with Crippen LogP contribution in [0.1, 0.15) is 43.2 Å². The summed E-state index contributed by atoms with van der Waals surface area (Å²) < 4.78 is 29.4. The summed E-state index contributed by atoms with van der Waals surface area (Å²) in [6.07, 6.45) is 12.6. The third-order valence-electron chi connectivity index (χ3n) is 7.34. The molecule has 3 heterocycles. The summed E-state index contributed by atoms with van der Waals surface area (Å²) in [6.45, 7) is 0. The number of amidine groups is 1. The first-order chi connectivity index (χ1) is 16.8. The largest absolute Gasteiger partial charge is 0.481 e. The molecule has 2 bridgehead atoms. The van der Waals surface area contributed by atoms with E-state index >= 15 is 0 Å². The van der Waals surface area contributed by atoms with Crippen molar-refractivity contribution in [3.05, 3.63) is 65.6 Å². The van der Waals surface area contributed by atoms with Crippen LogP contribution in [0.4, 0.5) is 8.78 Å². The minimum atomic E-state index is -0.643. The standard InChI is InChI=1S/C17H15F2N5.C9H14O2/c1-24-3-2-9(8-24)14-6-15(20)23-17(22-14)12-7-21-16-11(12)4-10(18)5-13(16)19;10-9(11)8-5-6-1-3-7(8)4-2-6/h2-8,15,21H,20H2,1H3,(H,22,23);6-8H,1-5H2,(H,10,11). The summed E-state index contributed by atoms with van der Waals surface area (Å²) in [6, 6.07) is 4.07. The third kappa shape index (κ3) is 4.73. The van der Waals surface area contributed by atoms with E-state index in [2.05, 4.69) is 15.3 Å². The zero-order valence-electron chi connectivity index (χ0n) is 19.5. The summed E-state index contributed by atoms with van der Waals surface area (Å²) in [7, 11) is 1.92. The van der Waals surface area contributed by atoms with Gasteiger partial charge >= 0.3 is 5.97 Å². The number of aliphatic imine (C=N–C) groups is 1. The molecule has 2 unspecified atom stereocenters. The fourth-order valence-corrected chi connectivity index (χ4v) is 5.56. The molecule has 4 aliphatic rings. The number of benzene rings is 1. The number of halogens is 2. The number of carboxylic acids is 1. The van der Waals surface area contributed by atoms with Crippen LogP contribution in [-0.4, -0.2) is 32.6 Å². The summed E-state index contributed by atoms with van der Waals surface area (Å²) in [5.41, 5.74) is 8.57. The van der Waals surface area contributed by atoms with E-state index in [1.54, 1.807) is 12.3 Å². The van der Waals surface area contributed by atoms with Crippen molar-refractivity contribution >= 4 is 28.4 Å². The molecule has 3 aliphatic carbocycles. The Hall–Kier alpha value is -3.46. The van der Waals surface area contributed by atoms with Gasteiger partial charge < -0.3 is 25.7 Å². The van der Waals surface area contributed by atoms with Crippen molar-refractivity contribution in [3.63, 3.8) is 0 Å². The molecule has 0 spiro atoms. The summed E-state index contributed by atoms with van der Waals surface area (Å²) in [5.74, 6) is -0.114. The molecular formula is C26H29F2N5O2. The number of H-pyrrole nitrogens is 1. The van der Waals surface area contributed by atoms with E-state index in [1.165, 1.54) is 31.7 Å². The van der Waals surface area contributed by atoms with E-state index in [-0.39, 0.29) is 11.4 Å². The highest BCUT2D eigenvalue weighted by atomic mass is 19.1. The lowest BCUT2D eigenvalue weighted by molar-refractivity contribution is -0.147. The number of aromatic amines is 1. The van der Waals surface area contributed by atoms with Crippen molar-refractivity contribution in [2.75, 3.05) is 0 Å². The molecule has 7 nitrogen and oxygen atoms in total. The number of aromatic nitrogens is 2. The van der Waals surface area contributed by atoms with Crippen LogP contribution in [0.2, 0.25) is 0 Å². The van der Waals surface area contributed by atoms with Gasteiger partial charge in [-0.25, -0.2) is 13.8 Å². The number of nitrogens with zero attached hydrogens (tertiary/aromatic N) is 2. The van der Waals surface area contributed by atoms with Crippen molar-refractivity contribution < 1.29 is 18.7 Å². The first-order valence-corrected chi connectivity index (χ1v) is 11.9. The number of carboxylic acid groups (broad SMARTS) is 1. The van der Waals surface area contributed by atoms with Crippen molar-refractivity contribution in [3.8, 4) is 0 Å². The van der Waals surface area contributed by atoms with Crippen LogP contribution >= 0.6 is 0 Å². The lowest BCUT2D eigenvalue weighted by atomic mass is 9.65. The molecule has 3 aromatic rings. The molecule has 3 saturated carbocycles. The molecule has 0 saturated heterocycles. The average molecular weight is 482 g/mol. The van der Waals surface area contributed by atoms with Crippen molar-refractivity contribution in [1.29, 1.82) is 0 Å². The van der Waals surface area contributed by atoms with Crippen molar-refractivity contribution in [2.45, 2.75) is 38.3 Å². The van der Waals surface area contributed by atoms with E-state index in [9.17, 15) is 13.6 Å². The molecule has 7 rings (SSSR count). The second-order valence-corrected chi connectivity index (χ2v) is 9.71. The van der Waals surface area contributed by atoms with Gasteiger partial charge in [0.1, 0.15) is 23.6 Å². The van der Waals surface area contributed by atoms with Crippen molar-refractivity contribution in [2.24, 2.45) is 35.5 Å². The zero-order valence-corrected chi connectivity index (χ0v) is 19.5. The van der Waals surface area contributed by atoms with Gasteiger partial charge in [0, 0.05) is 53.9 Å². The maximum absolute atomic E-state index is 13.9. The monoisotopic (exact) mass is 481 g/mol. The molecule has 0 amide bonds. The Bertz CT molecular complexity index is 1320. The molecule has 2 aromatic heterocycles. The summed E-state index contributed by atoms with van der Waals surface area (Å²) in [4.78, 5) is 17.9. The number of aliphatic carboxylic acids is 1. The fourth-order valence-electron chi connectivity index (χ4n) is 5.56. The van der Waals surface area contributed by atoms with Gasteiger partial charge in [-0.3, -0.25) is 4.79 Å². The van der Waals surface area contributed by atoms with Crippen LogP contribution in [0.25, 0.3) is 16.6 Å². The van der Waals surface area contributed by atoms with Crippen LogP contribution in [0, 0.1) is 29.4 Å². The maximum atomic E-state index is 13.9. The molecular weight excluding hydrogens is 452 g/mol. The van der Waals surface area contributed by atoms with E-state index in [0.717, 1.165) is 29.7 Å². The van der Waals surface area contributed by atoms with Crippen LogP contribution in [0.15, 0.2) is 47.9 Å². The third-order valence-corrected chi connectivity index (χ3v) is 7.34. The van der Waals surface area contributed by atoms with Crippen LogP contribution in [0.5, 0.6) is 0 Å². The summed E-state index contributed by atoms with van der Waals surface area (Å²) in [5, 5.41) is 12.5. The Morgan fingerprint density at radius 2 is 2.00 bits per heavy atom. The van der Waals surface area contributed by atoms with Gasteiger partial charge in [0.15, 0.2) is 0 Å². The van der Waals surface area contributed by atoms with E-state index in [1.807, 2.05) is 30.1 Å². The van der Waals surface area contributed by atoms with Gasteiger partial charge in [0.25, 0.3) is 0 Å². The van der Waals surface area contributed by atoms with Gasteiger partial charge in [0.05, 0.1) is 11.4 Å². The molecule has 184 valence electrons. The first-order valence-electron chi connectivity index (χ1n) is 11.9. The highest BCUT2D eigenvalue weighted by molar-refractivity contribution is 6.13. The molecule has 3 fully saturated rings. The number of fused-ring (bicyclic) bond motifs is 4. The predicted molar refractivity (Wildman–Crippen MR) is 130 cm³/mol. The van der Waals surface area contributed by atoms with Crippen LogP contribution in [-0.2, 0) is 11.8 Å². The Kier molecular flexibility index (Phi) is 6.19. The molecule has 35 heavy (non-hydrogen) atoms. The first kappa shape index (κ1) is 23.3. The van der Waals surface area contributed by atoms with Gasteiger partial charge in [0.2, 0.25) is 0 Å². The minimum Gasteiger partial charge on any atom is -0.481 e. The molecule has 1 aromatic carbocycles. The van der Waals surface area contributed by atoms with Crippen molar-refractivity contribution in [1.82, 2.24) is 14.9 Å². The molecule has 9 heteroatoms. The topological polar surface area (TPSA) is 108 Å². The second-order valence-electron chi connectivity index (χ2n) is 9.71. The molecule has 0 radical (unpaired) electrons. The SMILES string of the molecule is Cn1ccc(C2=CC(N)N=C(c3c[nH]c4c(F)cc(F)cc34)N2)c1.O=C(O)C1CC2CCC1CC2. The Morgan fingerprint density at radius 1 is 1.23 bits per heavy atom. The maximum Gasteiger partial charge on any atom is 0.306 e. The normalized spacial score (nSPS) is 25.4. The van der Waals surface area contributed by atoms with Gasteiger partial charge in [-0.15, -0.1) is 0 Å². The predicted octanol–water partition coefficient (Wildman–Crippen LogP) is 4.36. The number of nitrogens with one attached hydrogen (secondary N) is 2. The van der Waals surface area contributed by atoms with Gasteiger partial charge in [-0.1, -0.05) is 12.8 Å². The average Bonchev–Trinajstić information content (AvgIpc) is 3.46. The molecule has 5 N–H and O–H groups in total. The second kappa shape index (κ2) is 9.30. The lowest BCUT2D eigenvalue weighted by Gasteiger charge is -2.40. The minimum absolute atomic E-state index is 0.00231. The highest BCUT2D eigenvalue weighted by Gasteiger charge is 2.39. The van der Waals surface area contributed by atoms with Gasteiger partial charge in [-0.2, -0.15) is 0 Å². The highest BCUT2D eigenvalue weighted by Crippen LogP contribution is 2.44.